The van der Waals surface area contributed by atoms with E-state index in [1.165, 1.54) is 0 Å². The third-order valence-corrected chi connectivity index (χ3v) is 1.40. The molecule has 1 rings (SSSR count). The van der Waals surface area contributed by atoms with Gasteiger partial charge < -0.3 is 10.6 Å². The molecule has 4 heteroatoms. The van der Waals surface area contributed by atoms with E-state index in [0.717, 1.165) is 24.6 Å². The molecule has 0 aliphatic carbocycles. The lowest BCUT2D eigenvalue weighted by atomic mass is 10.4. The number of hydrogen-bond donors (Lipinski definition) is 2. The van der Waals surface area contributed by atoms with Gasteiger partial charge in [0.1, 0.15) is 5.82 Å². The number of anilines is 1. The van der Waals surface area contributed by atoms with E-state index < -0.39 is 0 Å². The normalized spacial score (nSPS) is 9.83. The zero-order valence-corrected chi connectivity index (χ0v) is 7.46. The van der Waals surface area contributed by atoms with E-state index in [1.807, 2.05) is 14.0 Å². The summed E-state index contributed by atoms with van der Waals surface area (Å²) in [6, 6.07) is 0. The minimum Gasteiger partial charge on any atom is -0.369 e. The molecule has 1 heterocycles. The average molecular weight is 166 g/mol. The van der Waals surface area contributed by atoms with Gasteiger partial charge in [0.25, 0.3) is 0 Å². The Hall–Kier alpha value is -1.16. The molecule has 12 heavy (non-hydrogen) atoms. The highest BCUT2D eigenvalue weighted by Crippen LogP contribution is 2.00. The highest BCUT2D eigenvalue weighted by atomic mass is 15.0. The summed E-state index contributed by atoms with van der Waals surface area (Å²) in [5.74, 6) is 0.838. The lowest BCUT2D eigenvalue weighted by molar-refractivity contribution is 0.785. The summed E-state index contributed by atoms with van der Waals surface area (Å²) < 4.78 is 0. The predicted molar refractivity (Wildman–Crippen MR) is 49.0 cm³/mol. The molecule has 0 fully saturated rings. The minimum atomic E-state index is 0.756. The molecule has 0 aliphatic rings. The predicted octanol–water partition coefficient (Wildman–Crippen LogP) is 0.628. The van der Waals surface area contributed by atoms with Gasteiger partial charge in [0.2, 0.25) is 0 Å². The van der Waals surface area contributed by atoms with Gasteiger partial charge in [0.15, 0.2) is 0 Å². The molecule has 0 unspecified atom stereocenters. The molecule has 66 valence electrons. The summed E-state index contributed by atoms with van der Waals surface area (Å²) in [7, 11) is 1.89. The van der Waals surface area contributed by atoms with Crippen molar-refractivity contribution in [1.29, 1.82) is 0 Å². The molecule has 0 aliphatic heterocycles. The van der Waals surface area contributed by atoms with Crippen LogP contribution in [0.2, 0.25) is 0 Å². The number of aromatic nitrogens is 2. The molecular formula is C8H14N4. The lowest BCUT2D eigenvalue weighted by Gasteiger charge is -2.03. The fourth-order valence-electron chi connectivity index (χ4n) is 0.939. The zero-order chi connectivity index (χ0) is 8.81. The first-order valence-electron chi connectivity index (χ1n) is 4.06. The fraction of sp³-hybridized carbons (Fsp3) is 0.500. The summed E-state index contributed by atoms with van der Waals surface area (Å²) in [6.07, 6.45) is 3.49. The molecule has 4 nitrogen and oxygen atoms in total. The molecule has 1 aromatic rings. The van der Waals surface area contributed by atoms with Crippen LogP contribution in [0, 0.1) is 0 Å². The Balaban J connectivity index is 2.67. The number of nitrogens with zero attached hydrogens (tertiary/aromatic N) is 2. The van der Waals surface area contributed by atoms with Gasteiger partial charge in [-0.1, -0.05) is 0 Å². The molecule has 2 N–H and O–H groups in total. The Morgan fingerprint density at radius 2 is 2.25 bits per heavy atom. The third kappa shape index (κ3) is 2.47. The highest BCUT2D eigenvalue weighted by Gasteiger charge is 1.95. The maximum atomic E-state index is 4.32. The van der Waals surface area contributed by atoms with Crippen molar-refractivity contribution in [2.24, 2.45) is 0 Å². The second kappa shape index (κ2) is 4.66. The summed E-state index contributed by atoms with van der Waals surface area (Å²) >= 11 is 0. The molecule has 0 atom stereocenters. The molecule has 0 bridgehead atoms. The van der Waals surface area contributed by atoms with Crippen LogP contribution in [0.1, 0.15) is 12.6 Å². The van der Waals surface area contributed by atoms with Crippen LogP contribution in [0.4, 0.5) is 5.82 Å². The summed E-state index contributed by atoms with van der Waals surface area (Å²) in [4.78, 5) is 8.37. The standard InChI is InChI=1S/C8H14N4/c1-3-11-8-6-10-5-7(12-8)4-9-2/h5-6,9H,3-4H2,1-2H3,(H,11,12). The van der Waals surface area contributed by atoms with Gasteiger partial charge in [-0.15, -0.1) is 0 Å². The number of nitrogens with one attached hydrogen (secondary N) is 2. The zero-order valence-electron chi connectivity index (χ0n) is 7.46. The molecule has 0 saturated carbocycles. The number of rotatable bonds is 4. The van der Waals surface area contributed by atoms with Crippen LogP contribution in [0.25, 0.3) is 0 Å². The van der Waals surface area contributed by atoms with Crippen LogP contribution in [-0.4, -0.2) is 23.6 Å². The van der Waals surface area contributed by atoms with Crippen LogP contribution in [0.15, 0.2) is 12.4 Å². The van der Waals surface area contributed by atoms with Crippen molar-refractivity contribution in [3.8, 4) is 0 Å². The van der Waals surface area contributed by atoms with E-state index >= 15 is 0 Å². The van der Waals surface area contributed by atoms with Gasteiger partial charge in [-0.25, -0.2) is 4.98 Å². The van der Waals surface area contributed by atoms with Crippen molar-refractivity contribution < 1.29 is 0 Å². The van der Waals surface area contributed by atoms with E-state index in [2.05, 4.69) is 20.6 Å². The third-order valence-electron chi connectivity index (χ3n) is 1.40. The van der Waals surface area contributed by atoms with E-state index in [9.17, 15) is 0 Å². The molecule has 0 aromatic carbocycles. The quantitative estimate of drug-likeness (QED) is 0.688. The second-order valence-corrected chi connectivity index (χ2v) is 2.46. The topological polar surface area (TPSA) is 49.8 Å². The van der Waals surface area contributed by atoms with Crippen molar-refractivity contribution in [3.63, 3.8) is 0 Å². The smallest absolute Gasteiger partial charge is 0.144 e. The first-order chi connectivity index (χ1) is 5.86. The van der Waals surface area contributed by atoms with Crippen LogP contribution >= 0.6 is 0 Å². The summed E-state index contributed by atoms with van der Waals surface area (Å²) in [5.41, 5.74) is 0.955. The summed E-state index contributed by atoms with van der Waals surface area (Å²) in [6.45, 7) is 3.66. The molecular weight excluding hydrogens is 152 g/mol. The van der Waals surface area contributed by atoms with Crippen molar-refractivity contribution in [3.05, 3.63) is 18.1 Å². The Morgan fingerprint density at radius 1 is 1.42 bits per heavy atom. The van der Waals surface area contributed by atoms with E-state index in [0.29, 0.717) is 0 Å². The highest BCUT2D eigenvalue weighted by molar-refractivity contribution is 5.31. The first-order valence-corrected chi connectivity index (χ1v) is 4.06. The molecule has 0 spiro atoms. The van der Waals surface area contributed by atoms with Gasteiger partial charge in [0, 0.05) is 19.3 Å². The van der Waals surface area contributed by atoms with Crippen molar-refractivity contribution in [1.82, 2.24) is 15.3 Å². The average Bonchev–Trinajstić information content (AvgIpc) is 2.06. The Labute approximate surface area is 72.4 Å². The Morgan fingerprint density at radius 3 is 2.92 bits per heavy atom. The van der Waals surface area contributed by atoms with Gasteiger partial charge in [-0.2, -0.15) is 0 Å². The maximum Gasteiger partial charge on any atom is 0.144 e. The van der Waals surface area contributed by atoms with Crippen molar-refractivity contribution in [2.45, 2.75) is 13.5 Å². The summed E-state index contributed by atoms with van der Waals surface area (Å²) in [5, 5.41) is 6.13. The van der Waals surface area contributed by atoms with Crippen LogP contribution in [-0.2, 0) is 6.54 Å². The van der Waals surface area contributed by atoms with E-state index in [4.69, 9.17) is 0 Å². The SMILES string of the molecule is CCNc1cncc(CNC)n1. The van der Waals surface area contributed by atoms with Gasteiger partial charge >= 0.3 is 0 Å². The molecule has 0 radical (unpaired) electrons. The largest absolute Gasteiger partial charge is 0.369 e. The van der Waals surface area contributed by atoms with E-state index in [1.54, 1.807) is 12.4 Å². The van der Waals surface area contributed by atoms with Crippen LogP contribution < -0.4 is 10.6 Å². The molecule has 0 amide bonds. The van der Waals surface area contributed by atoms with Gasteiger partial charge in [-0.3, -0.25) is 4.98 Å². The fourth-order valence-corrected chi connectivity index (χ4v) is 0.939. The minimum absolute atomic E-state index is 0.756. The van der Waals surface area contributed by atoms with Crippen LogP contribution in [0.3, 0.4) is 0 Å². The second-order valence-electron chi connectivity index (χ2n) is 2.46. The van der Waals surface area contributed by atoms with Crippen molar-refractivity contribution in [2.75, 3.05) is 18.9 Å². The number of hydrogen-bond acceptors (Lipinski definition) is 4. The van der Waals surface area contributed by atoms with Crippen LogP contribution in [0.5, 0.6) is 0 Å². The monoisotopic (exact) mass is 166 g/mol. The maximum absolute atomic E-state index is 4.32. The van der Waals surface area contributed by atoms with Gasteiger partial charge in [-0.05, 0) is 14.0 Å². The Bertz CT molecular complexity index is 215. The lowest BCUT2D eigenvalue weighted by Crippen LogP contribution is -2.09. The molecule has 0 saturated heterocycles. The molecule has 1 aromatic heterocycles. The first kappa shape index (κ1) is 8.93. The Kier molecular flexibility index (Phi) is 3.47. The van der Waals surface area contributed by atoms with Crippen molar-refractivity contribution >= 4 is 5.82 Å². The van der Waals surface area contributed by atoms with E-state index in [-0.39, 0.29) is 0 Å². The van der Waals surface area contributed by atoms with Gasteiger partial charge in [0.05, 0.1) is 11.9 Å².